The summed E-state index contributed by atoms with van der Waals surface area (Å²) in [4.78, 5) is 9.79. The van der Waals surface area contributed by atoms with E-state index in [0.29, 0.717) is 18.9 Å². The number of nitrogens with two attached hydrogens (primary N) is 3. The molecule has 6 N–H and O–H groups in total. The van der Waals surface area contributed by atoms with Gasteiger partial charge in [0.15, 0.2) is 0 Å². The molecule has 0 heterocycles. The van der Waals surface area contributed by atoms with Crippen LogP contribution in [0.3, 0.4) is 0 Å². The van der Waals surface area contributed by atoms with Crippen molar-refractivity contribution in [2.24, 2.45) is 0 Å². The molecule has 2 aromatic carbocycles. The molecule has 0 aliphatic carbocycles. The SMILES string of the molecule is C.Cc1cc(N)ccc1N.Cc1cc([N+](=O)[O-])ccc1N.I[I-]I. The van der Waals surface area contributed by atoms with Crippen LogP contribution in [0.25, 0.3) is 0 Å². The molecule has 0 radical (unpaired) electrons. The number of nitro benzene ring substituents is 1. The Morgan fingerprint density at radius 1 is 0.958 bits per heavy atom. The van der Waals surface area contributed by atoms with Crippen LogP contribution in [0.15, 0.2) is 36.4 Å². The Labute approximate surface area is 172 Å². The third-order valence-electron chi connectivity index (χ3n) is 2.76. The van der Waals surface area contributed by atoms with Crippen molar-refractivity contribution in [1.29, 1.82) is 0 Å². The second-order valence-electron chi connectivity index (χ2n) is 4.47. The Hall–Kier alpha value is -0.570. The fourth-order valence-corrected chi connectivity index (χ4v) is 1.47. The normalized spacial score (nSPS) is 8.83. The fourth-order valence-electron chi connectivity index (χ4n) is 1.47. The van der Waals surface area contributed by atoms with Crippen molar-refractivity contribution >= 4 is 60.0 Å². The first-order valence-corrected chi connectivity index (χ1v) is 18.8. The summed E-state index contributed by atoms with van der Waals surface area (Å²) in [5.74, 6) is 0. The molecule has 0 aliphatic heterocycles. The summed E-state index contributed by atoms with van der Waals surface area (Å²) in [6.45, 7) is 3.67. The molecule has 2 rings (SSSR count). The number of anilines is 3. The van der Waals surface area contributed by atoms with Gasteiger partial charge < -0.3 is 17.2 Å². The number of hydrogen-bond acceptors (Lipinski definition) is 5. The number of rotatable bonds is 1. The van der Waals surface area contributed by atoms with Crippen molar-refractivity contribution in [2.75, 3.05) is 17.2 Å². The quantitative estimate of drug-likeness (QED) is 0.186. The summed E-state index contributed by atoms with van der Waals surface area (Å²) in [5, 5.41) is 10.2. The van der Waals surface area contributed by atoms with Crippen LogP contribution in [0.2, 0.25) is 0 Å². The molecule has 0 spiro atoms. The van der Waals surface area contributed by atoms with Gasteiger partial charge in [-0.15, -0.1) is 0 Å². The molecular formula is C15H22I3N4O2-. The van der Waals surface area contributed by atoms with Crippen LogP contribution in [-0.4, -0.2) is 4.92 Å². The number of halogens is 3. The summed E-state index contributed by atoms with van der Waals surface area (Å²) in [7, 11) is 0. The van der Waals surface area contributed by atoms with Gasteiger partial charge in [0.05, 0.1) is 4.92 Å². The van der Waals surface area contributed by atoms with E-state index < -0.39 is 4.92 Å². The van der Waals surface area contributed by atoms with Crippen LogP contribution in [-0.2, 0) is 0 Å². The Balaban J connectivity index is 0. The first kappa shape index (κ1) is 25.7. The number of non-ortho nitro benzene ring substituents is 1. The summed E-state index contributed by atoms with van der Waals surface area (Å²) in [5.41, 5.74) is 20.5. The van der Waals surface area contributed by atoms with Crippen LogP contribution in [0.1, 0.15) is 18.6 Å². The fraction of sp³-hybridized carbons (Fsp3) is 0.200. The summed E-state index contributed by atoms with van der Waals surface area (Å²) >= 11 is 5.30. The minimum absolute atomic E-state index is 0. The number of hydrogen-bond donors (Lipinski definition) is 3. The van der Waals surface area contributed by atoms with E-state index in [1.807, 2.05) is 19.1 Å². The van der Waals surface area contributed by atoms with E-state index >= 15 is 0 Å². The molecule has 0 unspecified atom stereocenters. The molecule has 0 aliphatic rings. The number of nitrogen functional groups attached to an aromatic ring is 3. The van der Waals surface area contributed by atoms with Crippen molar-refractivity contribution in [3.63, 3.8) is 0 Å². The van der Waals surface area contributed by atoms with Gasteiger partial charge in [0.25, 0.3) is 5.69 Å². The van der Waals surface area contributed by atoms with E-state index in [1.54, 1.807) is 13.0 Å². The number of nitro groups is 1. The Bertz CT molecular complexity index is 655. The van der Waals surface area contributed by atoms with Gasteiger partial charge in [0, 0.05) is 29.2 Å². The second kappa shape index (κ2) is 13.7. The molecule has 6 nitrogen and oxygen atoms in total. The summed E-state index contributed by atoms with van der Waals surface area (Å²) in [6.07, 6.45) is 0. The van der Waals surface area contributed by atoms with Crippen LogP contribution in [0, 0.1) is 24.0 Å². The van der Waals surface area contributed by atoms with E-state index in [-0.39, 0.29) is 13.1 Å². The predicted octanol–water partition coefficient (Wildman–Crippen LogP) is 2.06. The third kappa shape index (κ3) is 10.3. The molecular weight excluding hydrogens is 649 g/mol. The van der Waals surface area contributed by atoms with E-state index in [1.165, 1.54) is 18.2 Å². The van der Waals surface area contributed by atoms with E-state index in [2.05, 4.69) is 37.2 Å². The summed E-state index contributed by atoms with van der Waals surface area (Å²) in [6, 6.07) is 9.84. The average Bonchev–Trinajstić information content (AvgIpc) is 2.47. The van der Waals surface area contributed by atoms with Gasteiger partial charge in [-0.2, -0.15) is 0 Å². The van der Waals surface area contributed by atoms with Crippen LogP contribution >= 0.6 is 37.2 Å². The van der Waals surface area contributed by atoms with Crippen molar-refractivity contribution in [3.05, 3.63) is 57.6 Å². The van der Waals surface area contributed by atoms with Gasteiger partial charge in [-0.3, -0.25) is 10.1 Å². The van der Waals surface area contributed by atoms with Crippen molar-refractivity contribution < 1.29 is 18.2 Å². The molecule has 0 aromatic heterocycles. The first-order valence-electron chi connectivity index (χ1n) is 6.22. The van der Waals surface area contributed by atoms with Gasteiger partial charge in [-0.05, 0) is 49.2 Å². The van der Waals surface area contributed by atoms with Crippen LogP contribution < -0.4 is 30.5 Å². The van der Waals surface area contributed by atoms with Gasteiger partial charge in [0.1, 0.15) is 0 Å². The minimum atomic E-state index is -0.438. The predicted molar refractivity (Wildman–Crippen MR) is 117 cm³/mol. The number of aryl methyl sites for hydroxylation is 2. The molecule has 0 atom stereocenters. The Morgan fingerprint density at radius 2 is 1.38 bits per heavy atom. The van der Waals surface area contributed by atoms with Gasteiger partial charge in [-0.1, -0.05) is 7.43 Å². The zero-order valence-electron chi connectivity index (χ0n) is 12.6. The Morgan fingerprint density at radius 3 is 1.71 bits per heavy atom. The first-order chi connectivity index (χ1) is 10.7. The molecule has 0 bridgehead atoms. The van der Waals surface area contributed by atoms with E-state index in [0.717, 1.165) is 22.5 Å². The van der Waals surface area contributed by atoms with Crippen molar-refractivity contribution in [1.82, 2.24) is 0 Å². The molecule has 9 heteroatoms. The molecule has 0 saturated carbocycles. The zero-order chi connectivity index (χ0) is 18.0. The van der Waals surface area contributed by atoms with Gasteiger partial charge in [-0.25, -0.2) is 0 Å². The van der Waals surface area contributed by atoms with Gasteiger partial charge >= 0.3 is 50.5 Å². The maximum absolute atomic E-state index is 10.2. The van der Waals surface area contributed by atoms with Crippen molar-refractivity contribution in [2.45, 2.75) is 21.3 Å². The zero-order valence-corrected chi connectivity index (χ0v) is 19.1. The second-order valence-corrected chi connectivity index (χ2v) is 20.7. The number of nitrogens with zero attached hydrogens (tertiary/aromatic N) is 1. The summed E-state index contributed by atoms with van der Waals surface area (Å²) < 4.78 is 0. The standard InChI is InChI=1S/C7H8N2O2.C7H10N2.CH4.I3/c1-5-4-6(9(10)11)2-3-7(5)8;1-5-4-6(8)2-3-7(5)9;;1-3-2/h2-4H,8H2,1H3;2-4H,8-9H2,1H3;1H4;/q;;;-1. The topological polar surface area (TPSA) is 121 Å². The maximum atomic E-state index is 10.2. The van der Waals surface area contributed by atoms with Crippen LogP contribution in [0.4, 0.5) is 22.7 Å². The number of benzene rings is 2. The molecule has 136 valence electrons. The Kier molecular flexibility index (Phi) is 14.6. The van der Waals surface area contributed by atoms with Crippen molar-refractivity contribution in [3.8, 4) is 0 Å². The van der Waals surface area contributed by atoms with E-state index in [9.17, 15) is 10.1 Å². The third-order valence-corrected chi connectivity index (χ3v) is 2.76. The molecule has 0 saturated heterocycles. The van der Waals surface area contributed by atoms with Crippen LogP contribution in [0.5, 0.6) is 0 Å². The molecule has 0 fully saturated rings. The molecule has 2 aromatic rings. The average molecular weight is 671 g/mol. The van der Waals surface area contributed by atoms with E-state index in [4.69, 9.17) is 17.2 Å². The van der Waals surface area contributed by atoms with Gasteiger partial charge in [0.2, 0.25) is 0 Å². The monoisotopic (exact) mass is 671 g/mol. The molecule has 0 amide bonds. The molecule has 24 heavy (non-hydrogen) atoms.